The normalized spacial score (nSPS) is 22.3. The van der Waals surface area contributed by atoms with E-state index < -0.39 is 11.7 Å². The number of aromatic nitrogens is 3. The van der Waals surface area contributed by atoms with Gasteiger partial charge < -0.3 is 9.80 Å². The first kappa shape index (κ1) is 22.4. The van der Waals surface area contributed by atoms with Crippen molar-refractivity contribution >= 4 is 17.5 Å². The Morgan fingerprint density at radius 2 is 1.68 bits per heavy atom. The zero-order chi connectivity index (χ0) is 24.2. The van der Waals surface area contributed by atoms with Gasteiger partial charge in [0.15, 0.2) is 5.65 Å². The van der Waals surface area contributed by atoms with Crippen molar-refractivity contribution in [3.63, 3.8) is 0 Å². The third-order valence-electron chi connectivity index (χ3n) is 6.99. The van der Waals surface area contributed by atoms with Crippen LogP contribution in [-0.4, -0.2) is 63.4 Å². The summed E-state index contributed by atoms with van der Waals surface area (Å²) in [7, 11) is 3.29. The predicted molar refractivity (Wildman–Crippen MR) is 117 cm³/mol. The minimum absolute atomic E-state index is 0.127. The fraction of sp³-hybridized carbons (Fsp3) is 0.417. The van der Waals surface area contributed by atoms with Gasteiger partial charge in [-0.1, -0.05) is 18.2 Å². The molecule has 5 rings (SSSR count). The van der Waals surface area contributed by atoms with Crippen LogP contribution in [0.3, 0.4) is 0 Å². The molecule has 2 aromatic heterocycles. The fourth-order valence-corrected chi connectivity index (χ4v) is 5.39. The quantitative estimate of drug-likeness (QED) is 0.584. The molecule has 1 saturated carbocycles. The number of benzene rings is 1. The first-order valence-electron chi connectivity index (χ1n) is 11.2. The first-order valence-corrected chi connectivity index (χ1v) is 11.2. The lowest BCUT2D eigenvalue weighted by atomic mass is 9.91. The summed E-state index contributed by atoms with van der Waals surface area (Å²) in [5.74, 6) is -0.250. The van der Waals surface area contributed by atoms with Crippen molar-refractivity contribution in [1.29, 1.82) is 0 Å². The molecule has 0 N–H and O–H groups in total. The van der Waals surface area contributed by atoms with E-state index in [2.05, 4.69) is 10.2 Å². The number of likely N-dealkylation sites (tertiary alicyclic amines) is 1. The molecule has 3 heterocycles. The predicted octanol–water partition coefficient (Wildman–Crippen LogP) is 3.72. The van der Waals surface area contributed by atoms with Gasteiger partial charge in [0, 0.05) is 33.4 Å². The van der Waals surface area contributed by atoms with Gasteiger partial charge in [-0.3, -0.25) is 14.0 Å². The molecule has 0 spiro atoms. The Balaban J connectivity index is 1.33. The Bertz CT molecular complexity index is 1250. The van der Waals surface area contributed by atoms with E-state index in [4.69, 9.17) is 0 Å². The van der Waals surface area contributed by atoms with Crippen LogP contribution in [-0.2, 0) is 6.18 Å². The highest BCUT2D eigenvalue weighted by molar-refractivity contribution is 5.95. The summed E-state index contributed by atoms with van der Waals surface area (Å²) in [5.41, 5.74) is 0.660. The molecule has 178 valence electrons. The second-order valence-corrected chi connectivity index (χ2v) is 9.35. The van der Waals surface area contributed by atoms with Gasteiger partial charge in [0.2, 0.25) is 5.82 Å². The van der Waals surface area contributed by atoms with E-state index in [1.807, 2.05) is 0 Å². The molecule has 1 saturated heterocycles. The SMILES string of the molecule is CN(C)C(=O)c1ccc2nnc(C(=O)N3C[C@H]4C[C@H](c5ccccc5C(F)(F)F)C[C@H]4C3)n2c1. The molecule has 2 aliphatic rings. The standard InChI is InChI=1S/C24H24F3N5O2/c1-30(2)22(33)14-7-8-20-28-29-21(32(20)13-14)23(34)31-11-16-9-15(10-17(16)12-31)18-5-3-4-6-19(18)24(25,26)27/h3-8,13,15-17H,9-12H2,1-2H3/t15-,16+,17-. The molecule has 2 fully saturated rings. The Kier molecular flexibility index (Phi) is 5.33. The highest BCUT2D eigenvalue weighted by Crippen LogP contribution is 2.49. The van der Waals surface area contributed by atoms with Crippen LogP contribution < -0.4 is 0 Å². The lowest BCUT2D eigenvalue weighted by Crippen LogP contribution is -2.31. The fourth-order valence-electron chi connectivity index (χ4n) is 5.39. The monoisotopic (exact) mass is 471 g/mol. The molecule has 1 aromatic carbocycles. The number of halogens is 3. The molecule has 2 amide bonds. The maximum atomic E-state index is 13.5. The van der Waals surface area contributed by atoms with Crippen molar-refractivity contribution in [2.24, 2.45) is 11.8 Å². The number of amides is 2. The third kappa shape index (κ3) is 3.80. The first-order chi connectivity index (χ1) is 16.1. The highest BCUT2D eigenvalue weighted by Gasteiger charge is 2.45. The van der Waals surface area contributed by atoms with Crippen LogP contribution in [0.1, 0.15) is 50.9 Å². The van der Waals surface area contributed by atoms with Crippen LogP contribution in [0.4, 0.5) is 13.2 Å². The van der Waals surface area contributed by atoms with Gasteiger partial charge in [0.1, 0.15) is 0 Å². The number of rotatable bonds is 3. The molecule has 0 unspecified atom stereocenters. The second-order valence-electron chi connectivity index (χ2n) is 9.35. The lowest BCUT2D eigenvalue weighted by Gasteiger charge is -2.21. The van der Waals surface area contributed by atoms with Gasteiger partial charge in [-0.05, 0) is 54.4 Å². The average Bonchev–Trinajstić information content (AvgIpc) is 3.50. The summed E-state index contributed by atoms with van der Waals surface area (Å²) in [4.78, 5) is 28.7. The Morgan fingerprint density at radius 3 is 2.32 bits per heavy atom. The van der Waals surface area contributed by atoms with E-state index in [-0.39, 0.29) is 35.4 Å². The molecule has 10 heteroatoms. The summed E-state index contributed by atoms with van der Waals surface area (Å²) < 4.78 is 41.9. The van der Waals surface area contributed by atoms with Crippen LogP contribution >= 0.6 is 0 Å². The summed E-state index contributed by atoms with van der Waals surface area (Å²) >= 11 is 0. The van der Waals surface area contributed by atoms with E-state index in [9.17, 15) is 22.8 Å². The van der Waals surface area contributed by atoms with Gasteiger partial charge in [0.05, 0.1) is 11.1 Å². The zero-order valence-electron chi connectivity index (χ0n) is 18.8. The maximum absolute atomic E-state index is 13.5. The van der Waals surface area contributed by atoms with Crippen LogP contribution in [0.25, 0.3) is 5.65 Å². The summed E-state index contributed by atoms with van der Waals surface area (Å²) in [6.45, 7) is 0.943. The van der Waals surface area contributed by atoms with Crippen LogP contribution in [0.5, 0.6) is 0 Å². The van der Waals surface area contributed by atoms with Gasteiger partial charge in [-0.2, -0.15) is 13.2 Å². The van der Waals surface area contributed by atoms with Gasteiger partial charge in [-0.25, -0.2) is 0 Å². The molecule has 3 atom stereocenters. The van der Waals surface area contributed by atoms with Crippen LogP contribution in [0.15, 0.2) is 42.6 Å². The number of alkyl halides is 3. The van der Waals surface area contributed by atoms with Crippen molar-refractivity contribution < 1.29 is 22.8 Å². The molecule has 1 aliphatic heterocycles. The number of carbonyl (C=O) groups is 2. The largest absolute Gasteiger partial charge is 0.416 e. The molecule has 34 heavy (non-hydrogen) atoms. The van der Waals surface area contributed by atoms with Crippen LogP contribution in [0, 0.1) is 11.8 Å². The Hall–Kier alpha value is -3.43. The van der Waals surface area contributed by atoms with E-state index in [1.54, 1.807) is 49.5 Å². The number of hydrogen-bond acceptors (Lipinski definition) is 4. The minimum Gasteiger partial charge on any atom is -0.345 e. The number of pyridine rings is 1. The van der Waals surface area contributed by atoms with Crippen LogP contribution in [0.2, 0.25) is 0 Å². The topological polar surface area (TPSA) is 70.8 Å². The van der Waals surface area contributed by atoms with Gasteiger partial charge in [-0.15, -0.1) is 10.2 Å². The second kappa shape index (κ2) is 8.11. The summed E-state index contributed by atoms with van der Waals surface area (Å²) in [5, 5.41) is 8.10. The van der Waals surface area contributed by atoms with E-state index in [1.165, 1.54) is 15.4 Å². The minimum atomic E-state index is -4.38. The smallest absolute Gasteiger partial charge is 0.345 e. The third-order valence-corrected chi connectivity index (χ3v) is 6.99. The average molecular weight is 471 g/mol. The van der Waals surface area contributed by atoms with Crippen molar-refractivity contribution in [2.45, 2.75) is 24.9 Å². The molecule has 7 nitrogen and oxygen atoms in total. The highest BCUT2D eigenvalue weighted by atomic mass is 19.4. The van der Waals surface area contributed by atoms with E-state index in [0.717, 1.165) is 6.07 Å². The summed E-state index contributed by atoms with van der Waals surface area (Å²) in [6.07, 6.45) is -1.59. The number of hydrogen-bond donors (Lipinski definition) is 0. The van der Waals surface area contributed by atoms with Crippen molar-refractivity contribution in [1.82, 2.24) is 24.4 Å². The molecular formula is C24H24F3N5O2. The van der Waals surface area contributed by atoms with E-state index in [0.29, 0.717) is 42.7 Å². The van der Waals surface area contributed by atoms with Crippen molar-refractivity contribution in [2.75, 3.05) is 27.2 Å². The molecule has 3 aromatic rings. The number of fused-ring (bicyclic) bond motifs is 2. The molecular weight excluding hydrogens is 447 g/mol. The van der Waals surface area contributed by atoms with Crippen molar-refractivity contribution in [3.8, 4) is 0 Å². The zero-order valence-corrected chi connectivity index (χ0v) is 18.8. The molecule has 1 aliphatic carbocycles. The maximum Gasteiger partial charge on any atom is 0.416 e. The lowest BCUT2D eigenvalue weighted by molar-refractivity contribution is -0.138. The van der Waals surface area contributed by atoms with Gasteiger partial charge >= 0.3 is 6.18 Å². The van der Waals surface area contributed by atoms with Crippen molar-refractivity contribution in [3.05, 3.63) is 65.1 Å². The number of carbonyl (C=O) groups excluding carboxylic acids is 2. The number of nitrogens with zero attached hydrogens (tertiary/aromatic N) is 5. The van der Waals surface area contributed by atoms with Gasteiger partial charge in [0.25, 0.3) is 11.8 Å². The Morgan fingerprint density at radius 1 is 1.00 bits per heavy atom. The Labute approximate surface area is 194 Å². The molecule has 0 bridgehead atoms. The molecule has 0 radical (unpaired) electrons. The van der Waals surface area contributed by atoms with E-state index >= 15 is 0 Å². The summed E-state index contributed by atoms with van der Waals surface area (Å²) in [6, 6.07) is 9.07.